The van der Waals surface area contributed by atoms with Crippen molar-refractivity contribution in [2.45, 2.75) is 63.7 Å². The summed E-state index contributed by atoms with van der Waals surface area (Å²) in [6.07, 6.45) is 3.76. The molecule has 4 atom stereocenters. The van der Waals surface area contributed by atoms with Crippen LogP contribution in [0.2, 0.25) is 0 Å². The molecule has 7 N–H and O–H groups in total. The number of rotatable bonds is 17. The Morgan fingerprint density at radius 1 is 0.788 bits per heavy atom. The summed E-state index contributed by atoms with van der Waals surface area (Å²) in [6.45, 7) is 3.22. The lowest BCUT2D eigenvalue weighted by molar-refractivity contribution is -0.144. The minimum Gasteiger partial charge on any atom is -0.481 e. The molecule has 4 unspecified atom stereocenters. The van der Waals surface area contributed by atoms with Gasteiger partial charge in [-0.05, 0) is 49.2 Å². The van der Waals surface area contributed by atoms with Crippen molar-refractivity contribution in [3.63, 3.8) is 0 Å². The minimum absolute atomic E-state index is 0.242. The Balaban J connectivity index is 5.47. The molecule has 0 saturated carbocycles. The van der Waals surface area contributed by atoms with Gasteiger partial charge in [0.1, 0.15) is 18.1 Å². The minimum atomic E-state index is -1.28. The number of carboxylic acid groups (broad SMARTS) is 2. The van der Waals surface area contributed by atoms with E-state index in [1.807, 2.05) is 12.5 Å². The topological polar surface area (TPSA) is 188 Å². The largest absolute Gasteiger partial charge is 0.481 e. The number of carbonyl (C=O) groups is 5. The lowest BCUT2D eigenvalue weighted by Crippen LogP contribution is -2.57. The summed E-state index contributed by atoms with van der Waals surface area (Å²) in [4.78, 5) is 60.4. The highest BCUT2D eigenvalue weighted by atomic mass is 32.2. The summed E-state index contributed by atoms with van der Waals surface area (Å²) in [5.74, 6) is -3.61. The first-order chi connectivity index (χ1) is 15.4. The molecule has 0 spiro atoms. The van der Waals surface area contributed by atoms with Crippen molar-refractivity contribution in [1.82, 2.24) is 16.0 Å². The first kappa shape index (κ1) is 31.0. The van der Waals surface area contributed by atoms with Crippen LogP contribution in [0.25, 0.3) is 0 Å². The molecule has 0 radical (unpaired) electrons. The van der Waals surface area contributed by atoms with E-state index in [1.165, 1.54) is 23.5 Å². The summed E-state index contributed by atoms with van der Waals surface area (Å²) in [5.41, 5.74) is 5.88. The molecule has 3 amide bonds. The zero-order chi connectivity index (χ0) is 25.6. The number of nitrogens with two attached hydrogens (primary N) is 1. The van der Waals surface area contributed by atoms with Crippen LogP contribution in [-0.4, -0.2) is 88.1 Å². The zero-order valence-corrected chi connectivity index (χ0v) is 21.1. The highest BCUT2D eigenvalue weighted by Crippen LogP contribution is 2.08. The number of hydrogen-bond donors (Lipinski definition) is 6. The van der Waals surface area contributed by atoms with Crippen LogP contribution < -0.4 is 21.7 Å². The average Bonchev–Trinajstić information content (AvgIpc) is 2.74. The Hall–Kier alpha value is -1.99. The highest BCUT2D eigenvalue weighted by molar-refractivity contribution is 7.98. The zero-order valence-electron chi connectivity index (χ0n) is 19.5. The molecule has 190 valence electrons. The van der Waals surface area contributed by atoms with Crippen LogP contribution in [0.4, 0.5) is 0 Å². The molecule has 0 bridgehead atoms. The predicted octanol–water partition coefficient (Wildman–Crippen LogP) is -0.120. The number of amides is 3. The van der Waals surface area contributed by atoms with Crippen LogP contribution in [0.3, 0.4) is 0 Å². The Bertz CT molecular complexity index is 679. The maximum absolute atomic E-state index is 12.9. The van der Waals surface area contributed by atoms with E-state index in [4.69, 9.17) is 10.8 Å². The van der Waals surface area contributed by atoms with Crippen LogP contribution in [0.5, 0.6) is 0 Å². The van der Waals surface area contributed by atoms with Gasteiger partial charge in [-0.25, -0.2) is 4.79 Å². The number of hydrogen-bond acceptors (Lipinski definition) is 8. The molecule has 0 aromatic carbocycles. The molecule has 0 aliphatic carbocycles. The van der Waals surface area contributed by atoms with E-state index in [0.717, 1.165) is 0 Å². The van der Waals surface area contributed by atoms with Crippen molar-refractivity contribution in [2.75, 3.05) is 24.0 Å². The summed E-state index contributed by atoms with van der Waals surface area (Å²) in [7, 11) is 0. The smallest absolute Gasteiger partial charge is 0.326 e. The molecule has 11 nitrogen and oxygen atoms in total. The second kappa shape index (κ2) is 16.6. The average molecular weight is 509 g/mol. The molecule has 0 aliphatic heterocycles. The molecule has 0 heterocycles. The fourth-order valence-electron chi connectivity index (χ4n) is 2.74. The van der Waals surface area contributed by atoms with Gasteiger partial charge >= 0.3 is 11.9 Å². The molecule has 0 rings (SSSR count). The molecule has 13 heteroatoms. The predicted molar refractivity (Wildman–Crippen MR) is 129 cm³/mol. The van der Waals surface area contributed by atoms with Gasteiger partial charge in [-0.2, -0.15) is 23.5 Å². The summed E-state index contributed by atoms with van der Waals surface area (Å²) in [5, 5.41) is 25.7. The Morgan fingerprint density at radius 3 is 1.76 bits per heavy atom. The van der Waals surface area contributed by atoms with E-state index >= 15 is 0 Å². The summed E-state index contributed by atoms with van der Waals surface area (Å²) < 4.78 is 0. The van der Waals surface area contributed by atoms with E-state index in [0.29, 0.717) is 17.9 Å². The molecule has 0 aromatic rings. The van der Waals surface area contributed by atoms with Gasteiger partial charge < -0.3 is 31.9 Å². The van der Waals surface area contributed by atoms with Gasteiger partial charge in [-0.3, -0.25) is 19.2 Å². The van der Waals surface area contributed by atoms with Gasteiger partial charge in [0.25, 0.3) is 0 Å². The maximum atomic E-state index is 12.9. The Kier molecular flexibility index (Phi) is 15.6. The maximum Gasteiger partial charge on any atom is 0.326 e. The lowest BCUT2D eigenvalue weighted by atomic mass is 10.0. The number of aliphatic carboxylic acids is 2. The molecule has 33 heavy (non-hydrogen) atoms. The monoisotopic (exact) mass is 508 g/mol. The first-order valence-corrected chi connectivity index (χ1v) is 13.3. The third-order valence-electron chi connectivity index (χ3n) is 4.72. The Morgan fingerprint density at radius 2 is 1.27 bits per heavy atom. The van der Waals surface area contributed by atoms with Crippen LogP contribution in [-0.2, 0) is 24.0 Å². The molecular weight excluding hydrogens is 472 g/mol. The van der Waals surface area contributed by atoms with E-state index in [2.05, 4.69) is 16.0 Å². The van der Waals surface area contributed by atoms with Crippen LogP contribution in [0.1, 0.15) is 39.5 Å². The first-order valence-electron chi connectivity index (χ1n) is 10.5. The van der Waals surface area contributed by atoms with Crippen LogP contribution >= 0.6 is 23.5 Å². The number of carboxylic acids is 2. The number of carbonyl (C=O) groups excluding carboxylic acids is 3. The van der Waals surface area contributed by atoms with Gasteiger partial charge in [0.2, 0.25) is 17.7 Å². The number of thioether (sulfide) groups is 2. The normalized spacial score (nSPS) is 14.6. The second-order valence-electron chi connectivity index (χ2n) is 7.79. The van der Waals surface area contributed by atoms with E-state index in [1.54, 1.807) is 13.8 Å². The fraction of sp³-hybridized carbons (Fsp3) is 0.750. The standard InChI is InChI=1S/C20H36N4O7S2/c1-11(2)16(20(30)31)24-19(29)13(5-6-15(25)26)23-18(28)14(8-10-33-4)22-17(27)12(21)7-9-32-3/h11-14,16H,5-10,21H2,1-4H3,(H,22,27)(H,23,28)(H,24,29)(H,25,26)(H,30,31). The van der Waals surface area contributed by atoms with Gasteiger partial charge in [0, 0.05) is 6.42 Å². The van der Waals surface area contributed by atoms with Crippen molar-refractivity contribution in [2.24, 2.45) is 11.7 Å². The third-order valence-corrected chi connectivity index (χ3v) is 6.01. The van der Waals surface area contributed by atoms with Crippen LogP contribution in [0.15, 0.2) is 0 Å². The summed E-state index contributed by atoms with van der Waals surface area (Å²) in [6, 6.07) is -4.27. The molecule has 0 saturated heterocycles. The van der Waals surface area contributed by atoms with E-state index in [9.17, 15) is 29.1 Å². The van der Waals surface area contributed by atoms with Gasteiger partial charge in [0.15, 0.2) is 0 Å². The lowest BCUT2D eigenvalue weighted by Gasteiger charge is -2.25. The van der Waals surface area contributed by atoms with Crippen LogP contribution in [0, 0.1) is 5.92 Å². The van der Waals surface area contributed by atoms with Gasteiger partial charge in [-0.1, -0.05) is 13.8 Å². The number of nitrogens with one attached hydrogen (secondary N) is 3. The van der Waals surface area contributed by atoms with Crippen molar-refractivity contribution < 1.29 is 34.2 Å². The summed E-state index contributed by atoms with van der Waals surface area (Å²) >= 11 is 3.00. The molecule has 0 fully saturated rings. The van der Waals surface area contributed by atoms with Crippen molar-refractivity contribution in [1.29, 1.82) is 0 Å². The Labute approximate surface area is 202 Å². The third kappa shape index (κ3) is 12.7. The van der Waals surface area contributed by atoms with Gasteiger partial charge in [-0.15, -0.1) is 0 Å². The molecule has 0 aliphatic rings. The molecule has 0 aromatic heterocycles. The quantitative estimate of drug-likeness (QED) is 0.154. The molecular formula is C20H36N4O7S2. The SMILES string of the molecule is CSCCC(N)C(=O)NC(CCSC)C(=O)NC(CCC(=O)O)C(=O)NC(C(=O)O)C(C)C. The van der Waals surface area contributed by atoms with Crippen molar-refractivity contribution >= 4 is 53.2 Å². The fourth-order valence-corrected chi connectivity index (χ4v) is 3.70. The van der Waals surface area contributed by atoms with Crippen molar-refractivity contribution in [3.8, 4) is 0 Å². The van der Waals surface area contributed by atoms with Gasteiger partial charge in [0.05, 0.1) is 6.04 Å². The van der Waals surface area contributed by atoms with E-state index in [-0.39, 0.29) is 12.8 Å². The van der Waals surface area contributed by atoms with E-state index < -0.39 is 66.2 Å². The highest BCUT2D eigenvalue weighted by Gasteiger charge is 2.31. The second-order valence-corrected chi connectivity index (χ2v) is 9.76. The van der Waals surface area contributed by atoms with Crippen molar-refractivity contribution in [3.05, 3.63) is 0 Å².